The summed E-state index contributed by atoms with van der Waals surface area (Å²) in [7, 11) is 0. The van der Waals surface area contributed by atoms with Crippen molar-refractivity contribution in [3.63, 3.8) is 0 Å². The molecule has 0 unspecified atom stereocenters. The Balaban J connectivity index is 1.72. The average molecular weight is 281 g/mol. The van der Waals surface area contributed by atoms with Gasteiger partial charge in [0.25, 0.3) is 0 Å². The fourth-order valence-corrected chi connectivity index (χ4v) is 3.60. The normalized spacial score (nSPS) is 24.9. The number of nitrogen functional groups attached to an aromatic ring is 1. The van der Waals surface area contributed by atoms with E-state index in [1.807, 2.05) is 18.2 Å². The van der Waals surface area contributed by atoms with Crippen molar-refractivity contribution in [1.82, 2.24) is 4.98 Å². The number of aliphatic hydroxyl groups excluding tert-OH is 1. The van der Waals surface area contributed by atoms with Gasteiger partial charge in [-0.2, -0.15) is 0 Å². The number of pyridine rings is 1. The van der Waals surface area contributed by atoms with Gasteiger partial charge in [0.15, 0.2) is 0 Å². The molecule has 1 aromatic heterocycles. The number of fused-ring (bicyclic) bond motifs is 3. The molecule has 0 saturated heterocycles. The maximum atomic E-state index is 9.66. The number of aliphatic hydroxyl groups is 1. The van der Waals surface area contributed by atoms with Crippen molar-refractivity contribution in [2.24, 2.45) is 10.9 Å². The van der Waals surface area contributed by atoms with E-state index >= 15 is 0 Å². The van der Waals surface area contributed by atoms with E-state index in [1.54, 1.807) is 0 Å². The first-order valence-electron chi connectivity index (χ1n) is 7.65. The van der Waals surface area contributed by atoms with Crippen molar-refractivity contribution in [3.05, 3.63) is 29.8 Å². The Morgan fingerprint density at radius 3 is 2.67 bits per heavy atom. The number of aliphatic imine (C=N–C) groups is 1. The fraction of sp³-hybridized carbons (Fsp3) is 0.412. The lowest BCUT2D eigenvalue weighted by atomic mass is 9.83. The third kappa shape index (κ3) is 2.10. The van der Waals surface area contributed by atoms with Crippen molar-refractivity contribution < 1.29 is 5.11 Å². The molecular weight excluding hydrogens is 262 g/mol. The average Bonchev–Trinajstić information content (AvgIpc) is 2.94. The molecule has 0 radical (unpaired) electrons. The van der Waals surface area contributed by atoms with E-state index in [4.69, 9.17) is 10.7 Å². The summed E-state index contributed by atoms with van der Waals surface area (Å²) < 4.78 is 0. The molecule has 1 aliphatic carbocycles. The highest BCUT2D eigenvalue weighted by molar-refractivity contribution is 6.03. The van der Waals surface area contributed by atoms with Crippen LogP contribution < -0.4 is 5.73 Å². The quantitative estimate of drug-likeness (QED) is 0.844. The van der Waals surface area contributed by atoms with Crippen LogP contribution in [0, 0.1) is 5.92 Å². The number of benzene rings is 1. The molecule has 0 spiro atoms. The van der Waals surface area contributed by atoms with Crippen LogP contribution in [0.4, 0.5) is 11.5 Å². The third-order valence-electron chi connectivity index (χ3n) is 4.78. The standard InChI is InChI=1S/C17H19N3O/c18-17-16-13(12-3-1-2-4-14(12)20-17)9-15(19-16)10-5-7-11(21)8-6-10/h1-4,10-11,21H,5-9H2,(H2,18,20). The number of nitrogens with two attached hydrogens (primary N) is 1. The lowest BCUT2D eigenvalue weighted by Gasteiger charge is -2.25. The Hall–Kier alpha value is -1.94. The minimum absolute atomic E-state index is 0.127. The number of hydrogen-bond donors (Lipinski definition) is 2. The minimum atomic E-state index is -0.127. The predicted molar refractivity (Wildman–Crippen MR) is 84.9 cm³/mol. The van der Waals surface area contributed by atoms with Crippen LogP contribution in [0.2, 0.25) is 0 Å². The Morgan fingerprint density at radius 1 is 1.10 bits per heavy atom. The maximum absolute atomic E-state index is 9.66. The van der Waals surface area contributed by atoms with Gasteiger partial charge in [-0.25, -0.2) is 4.98 Å². The van der Waals surface area contributed by atoms with E-state index in [2.05, 4.69) is 11.1 Å². The van der Waals surface area contributed by atoms with Gasteiger partial charge in [-0.3, -0.25) is 4.99 Å². The SMILES string of the molecule is Nc1nc2ccccc2c2c1N=C(C1CCC(O)CC1)C2. The van der Waals surface area contributed by atoms with E-state index in [-0.39, 0.29) is 6.10 Å². The van der Waals surface area contributed by atoms with Crippen molar-refractivity contribution in [1.29, 1.82) is 0 Å². The molecule has 2 heterocycles. The Morgan fingerprint density at radius 2 is 1.86 bits per heavy atom. The summed E-state index contributed by atoms with van der Waals surface area (Å²) in [6, 6.07) is 8.13. The van der Waals surface area contributed by atoms with Gasteiger partial charge in [0.2, 0.25) is 0 Å². The Labute approximate surface area is 123 Å². The lowest BCUT2D eigenvalue weighted by Crippen LogP contribution is -2.24. The first-order chi connectivity index (χ1) is 10.2. The smallest absolute Gasteiger partial charge is 0.150 e. The number of hydrogen-bond acceptors (Lipinski definition) is 4. The van der Waals surface area contributed by atoms with Crippen LogP contribution in [0.25, 0.3) is 10.9 Å². The van der Waals surface area contributed by atoms with Gasteiger partial charge >= 0.3 is 0 Å². The van der Waals surface area contributed by atoms with Gasteiger partial charge in [0, 0.05) is 17.5 Å². The van der Waals surface area contributed by atoms with Crippen LogP contribution >= 0.6 is 0 Å². The lowest BCUT2D eigenvalue weighted by molar-refractivity contribution is 0.121. The zero-order valence-corrected chi connectivity index (χ0v) is 11.9. The summed E-state index contributed by atoms with van der Waals surface area (Å²) in [5.74, 6) is 1.02. The topological polar surface area (TPSA) is 71.5 Å². The van der Waals surface area contributed by atoms with Crippen LogP contribution in [0.3, 0.4) is 0 Å². The van der Waals surface area contributed by atoms with E-state index in [1.165, 1.54) is 11.3 Å². The number of nitrogens with zero attached hydrogens (tertiary/aromatic N) is 2. The molecule has 21 heavy (non-hydrogen) atoms. The summed E-state index contributed by atoms with van der Waals surface area (Å²) in [5, 5.41) is 10.8. The molecule has 1 aromatic carbocycles. The molecule has 1 fully saturated rings. The molecule has 0 bridgehead atoms. The summed E-state index contributed by atoms with van der Waals surface area (Å²) >= 11 is 0. The monoisotopic (exact) mass is 281 g/mol. The van der Waals surface area contributed by atoms with Gasteiger partial charge in [0.05, 0.1) is 11.6 Å². The van der Waals surface area contributed by atoms with Gasteiger partial charge < -0.3 is 10.8 Å². The van der Waals surface area contributed by atoms with Gasteiger partial charge in [-0.15, -0.1) is 0 Å². The van der Waals surface area contributed by atoms with Gasteiger partial charge in [0.1, 0.15) is 11.5 Å². The highest BCUT2D eigenvalue weighted by Crippen LogP contribution is 2.40. The van der Waals surface area contributed by atoms with Crippen molar-refractivity contribution in [2.75, 3.05) is 5.73 Å². The second-order valence-corrected chi connectivity index (χ2v) is 6.13. The van der Waals surface area contributed by atoms with Crippen LogP contribution in [-0.4, -0.2) is 21.9 Å². The van der Waals surface area contributed by atoms with E-state index in [9.17, 15) is 5.11 Å². The molecule has 1 aliphatic heterocycles. The largest absolute Gasteiger partial charge is 0.393 e. The van der Waals surface area contributed by atoms with Crippen LogP contribution in [0.1, 0.15) is 31.2 Å². The number of para-hydroxylation sites is 1. The molecule has 4 rings (SSSR count). The highest BCUT2D eigenvalue weighted by Gasteiger charge is 2.29. The number of rotatable bonds is 1. The maximum Gasteiger partial charge on any atom is 0.150 e. The third-order valence-corrected chi connectivity index (χ3v) is 4.78. The van der Waals surface area contributed by atoms with Gasteiger partial charge in [-0.05, 0) is 43.2 Å². The van der Waals surface area contributed by atoms with E-state index in [0.29, 0.717) is 11.7 Å². The molecule has 2 aliphatic rings. The van der Waals surface area contributed by atoms with Crippen LogP contribution in [0.5, 0.6) is 0 Å². The number of anilines is 1. The Kier molecular flexibility index (Phi) is 2.93. The summed E-state index contributed by atoms with van der Waals surface area (Å²) in [5.41, 5.74) is 10.4. The molecular formula is C17H19N3O. The van der Waals surface area contributed by atoms with Gasteiger partial charge in [-0.1, -0.05) is 18.2 Å². The second-order valence-electron chi connectivity index (χ2n) is 6.13. The second kappa shape index (κ2) is 4.81. The summed E-state index contributed by atoms with van der Waals surface area (Å²) in [6.45, 7) is 0. The fourth-order valence-electron chi connectivity index (χ4n) is 3.60. The summed E-state index contributed by atoms with van der Waals surface area (Å²) in [4.78, 5) is 9.27. The molecule has 1 saturated carbocycles. The van der Waals surface area contributed by atoms with Crippen LogP contribution in [0.15, 0.2) is 29.3 Å². The molecule has 108 valence electrons. The first kappa shape index (κ1) is 12.8. The number of aromatic nitrogens is 1. The van der Waals surface area contributed by atoms with Crippen molar-refractivity contribution in [2.45, 2.75) is 38.2 Å². The van der Waals surface area contributed by atoms with E-state index < -0.39 is 0 Å². The van der Waals surface area contributed by atoms with E-state index in [0.717, 1.165) is 48.7 Å². The first-order valence-corrected chi connectivity index (χ1v) is 7.65. The summed E-state index contributed by atoms with van der Waals surface area (Å²) in [6.07, 6.45) is 4.57. The molecule has 2 aromatic rings. The molecule has 0 amide bonds. The van der Waals surface area contributed by atoms with Crippen LogP contribution in [-0.2, 0) is 6.42 Å². The zero-order chi connectivity index (χ0) is 14.4. The molecule has 4 heteroatoms. The molecule has 3 N–H and O–H groups in total. The molecule has 4 nitrogen and oxygen atoms in total. The highest BCUT2D eigenvalue weighted by atomic mass is 16.3. The zero-order valence-electron chi connectivity index (χ0n) is 11.9. The Bertz CT molecular complexity index is 730. The minimum Gasteiger partial charge on any atom is -0.393 e. The van der Waals surface area contributed by atoms with Crippen molar-refractivity contribution in [3.8, 4) is 0 Å². The predicted octanol–water partition coefficient (Wildman–Crippen LogP) is 3.00. The van der Waals surface area contributed by atoms with Crippen molar-refractivity contribution >= 4 is 28.1 Å². The molecule has 0 atom stereocenters.